The number of nitrogens with zero attached hydrogens (tertiary/aromatic N) is 1. The van der Waals surface area contributed by atoms with Crippen LogP contribution in [0.1, 0.15) is 44.1 Å². The number of carboxylic acids is 3. The Morgan fingerprint density at radius 3 is 1.92 bits per heavy atom. The summed E-state index contributed by atoms with van der Waals surface area (Å²) < 4.78 is 0. The highest BCUT2D eigenvalue weighted by Crippen LogP contribution is 2.46. The Hall–Kier alpha value is -1.93. The lowest BCUT2D eigenvalue weighted by molar-refractivity contribution is -0.170. The van der Waals surface area contributed by atoms with Crippen LogP contribution in [0.4, 0.5) is 0 Å². The minimum Gasteiger partial charge on any atom is -0.481 e. The molecular weight excluding hydrogens is 573 g/mol. The van der Waals surface area contributed by atoms with E-state index in [4.69, 9.17) is 55.1 Å². The van der Waals surface area contributed by atoms with E-state index in [1.54, 1.807) is 17.8 Å². The van der Waals surface area contributed by atoms with E-state index >= 15 is 0 Å². The molecule has 14 heteroatoms. The molecular formula is C25H37Cl2N3O8S. The van der Waals surface area contributed by atoms with Crippen molar-refractivity contribution in [3.63, 3.8) is 0 Å². The quantitative estimate of drug-likeness (QED) is 0.140. The highest BCUT2D eigenvalue weighted by molar-refractivity contribution is 7.99. The molecule has 0 aromatic heterocycles. The standard InChI is InChI=1S/C19H29Cl2N3OS.C6H8O7/c20-16-4-3-15(13-17(16)21)19(5-1-6-19)18(25)14-26-12-2-9-24(10-7-22)11-8-23;7-3(8)1-6(13,5(11)12)2-4(9)10/h3-4,13H,1-2,5-12,14,22-23H2;13H,1-2H2,(H,7,8)(H,9,10)(H,11,12). The number of ketones is 1. The number of hydrogen-bond acceptors (Lipinski definition) is 9. The molecule has 0 saturated heterocycles. The third-order valence-electron chi connectivity index (χ3n) is 6.39. The fourth-order valence-corrected chi connectivity index (χ4v) is 5.40. The summed E-state index contributed by atoms with van der Waals surface area (Å²) in [7, 11) is 0. The maximum atomic E-state index is 12.9. The Balaban J connectivity index is 0.000000495. The number of hydrogen-bond donors (Lipinski definition) is 6. The van der Waals surface area contributed by atoms with Gasteiger partial charge >= 0.3 is 17.9 Å². The van der Waals surface area contributed by atoms with Crippen LogP contribution >= 0.6 is 35.0 Å². The summed E-state index contributed by atoms with van der Waals surface area (Å²) in [5.74, 6) is -3.19. The van der Waals surface area contributed by atoms with Crippen molar-refractivity contribution in [3.8, 4) is 0 Å². The lowest BCUT2D eigenvalue weighted by Gasteiger charge is -2.41. The molecule has 0 radical (unpaired) electrons. The highest BCUT2D eigenvalue weighted by Gasteiger charge is 2.45. The molecule has 0 bridgehead atoms. The molecule has 8 N–H and O–H groups in total. The van der Waals surface area contributed by atoms with Gasteiger partial charge in [0.05, 0.1) is 34.1 Å². The van der Waals surface area contributed by atoms with Crippen LogP contribution in [0.3, 0.4) is 0 Å². The van der Waals surface area contributed by atoms with Crippen LogP contribution in [0, 0.1) is 0 Å². The van der Waals surface area contributed by atoms with Gasteiger partial charge in [0.25, 0.3) is 0 Å². The molecule has 1 fully saturated rings. The van der Waals surface area contributed by atoms with Crippen molar-refractivity contribution >= 4 is 58.7 Å². The summed E-state index contributed by atoms with van der Waals surface area (Å²) in [5.41, 5.74) is 9.17. The molecule has 0 atom stereocenters. The van der Waals surface area contributed by atoms with Gasteiger partial charge in [-0.05, 0) is 49.3 Å². The fraction of sp³-hybridized carbons (Fsp3) is 0.600. The van der Waals surface area contributed by atoms with Crippen LogP contribution in [-0.4, -0.2) is 98.8 Å². The van der Waals surface area contributed by atoms with E-state index in [9.17, 15) is 19.2 Å². The minimum absolute atomic E-state index is 0.313. The number of carbonyl (C=O) groups is 4. The molecule has 39 heavy (non-hydrogen) atoms. The van der Waals surface area contributed by atoms with E-state index < -0.39 is 36.4 Å². The Bertz CT molecular complexity index is 972. The second-order valence-electron chi connectivity index (χ2n) is 9.29. The fourth-order valence-electron chi connectivity index (χ4n) is 4.16. The molecule has 1 saturated carbocycles. The van der Waals surface area contributed by atoms with Crippen molar-refractivity contribution < 1.29 is 39.6 Å². The van der Waals surface area contributed by atoms with E-state index in [1.165, 1.54) is 0 Å². The van der Waals surface area contributed by atoms with Crippen molar-refractivity contribution in [1.82, 2.24) is 4.90 Å². The number of aliphatic hydroxyl groups is 1. The summed E-state index contributed by atoms with van der Waals surface area (Å²) in [6.45, 7) is 4.03. The van der Waals surface area contributed by atoms with Gasteiger partial charge < -0.3 is 36.8 Å². The van der Waals surface area contributed by atoms with E-state index in [2.05, 4.69) is 4.90 Å². The van der Waals surface area contributed by atoms with Crippen molar-refractivity contribution in [2.24, 2.45) is 11.5 Å². The van der Waals surface area contributed by atoms with E-state index in [-0.39, 0.29) is 5.41 Å². The average molecular weight is 611 g/mol. The smallest absolute Gasteiger partial charge is 0.336 e. The zero-order valence-electron chi connectivity index (χ0n) is 21.6. The van der Waals surface area contributed by atoms with Gasteiger partial charge in [-0.15, -0.1) is 0 Å². The van der Waals surface area contributed by atoms with Crippen molar-refractivity contribution in [1.29, 1.82) is 0 Å². The summed E-state index contributed by atoms with van der Waals surface area (Å²) in [6.07, 6.45) is 1.65. The zero-order chi connectivity index (χ0) is 29.6. The summed E-state index contributed by atoms with van der Waals surface area (Å²) in [5, 5.41) is 34.9. The third kappa shape index (κ3) is 11.2. The van der Waals surface area contributed by atoms with Gasteiger partial charge in [0.2, 0.25) is 0 Å². The number of carboxylic acid groups (broad SMARTS) is 3. The molecule has 1 aliphatic rings. The number of halogens is 2. The highest BCUT2D eigenvalue weighted by atomic mass is 35.5. The Kier molecular flexibility index (Phi) is 15.3. The van der Waals surface area contributed by atoms with Crippen LogP contribution in [0.25, 0.3) is 0 Å². The number of benzene rings is 1. The van der Waals surface area contributed by atoms with Crippen molar-refractivity contribution in [3.05, 3.63) is 33.8 Å². The molecule has 0 aliphatic heterocycles. The monoisotopic (exact) mass is 609 g/mol. The van der Waals surface area contributed by atoms with Gasteiger partial charge in [-0.25, -0.2) is 4.79 Å². The maximum Gasteiger partial charge on any atom is 0.336 e. The Labute approximate surface area is 241 Å². The predicted octanol–water partition coefficient (Wildman–Crippen LogP) is 2.08. The second kappa shape index (κ2) is 17.0. The van der Waals surface area contributed by atoms with Gasteiger partial charge in [-0.3, -0.25) is 14.4 Å². The number of aliphatic carboxylic acids is 3. The topological polar surface area (TPSA) is 204 Å². The predicted molar refractivity (Wildman–Crippen MR) is 151 cm³/mol. The number of Topliss-reactive ketones (excluding diaryl/α,β-unsaturated/α-hetero) is 1. The van der Waals surface area contributed by atoms with Crippen molar-refractivity contribution in [2.45, 2.75) is 49.5 Å². The summed E-state index contributed by atoms with van der Waals surface area (Å²) >= 11 is 13.9. The Morgan fingerprint density at radius 1 is 0.949 bits per heavy atom. The van der Waals surface area contributed by atoms with Gasteiger partial charge in [0.1, 0.15) is 0 Å². The van der Waals surface area contributed by atoms with Gasteiger partial charge in [-0.1, -0.05) is 35.7 Å². The van der Waals surface area contributed by atoms with Gasteiger partial charge in [0, 0.05) is 26.2 Å². The SMILES string of the molecule is NCCN(CCN)CCCSCC(=O)C1(c2ccc(Cl)c(Cl)c2)CCC1.O=C(O)CC(O)(CC(=O)O)C(=O)O. The molecule has 0 spiro atoms. The molecule has 0 unspecified atom stereocenters. The first-order chi connectivity index (χ1) is 18.3. The maximum absolute atomic E-state index is 12.9. The third-order valence-corrected chi connectivity index (χ3v) is 8.17. The first-order valence-corrected chi connectivity index (χ1v) is 14.3. The molecule has 1 aliphatic carbocycles. The van der Waals surface area contributed by atoms with Crippen LogP contribution in [0.5, 0.6) is 0 Å². The largest absolute Gasteiger partial charge is 0.481 e. The first kappa shape index (κ1) is 35.1. The second-order valence-corrected chi connectivity index (χ2v) is 11.2. The van der Waals surface area contributed by atoms with Crippen LogP contribution in [0.2, 0.25) is 10.0 Å². The zero-order valence-corrected chi connectivity index (χ0v) is 23.9. The molecule has 11 nitrogen and oxygen atoms in total. The molecule has 1 aromatic rings. The van der Waals surface area contributed by atoms with Crippen LogP contribution in [0.15, 0.2) is 18.2 Å². The Morgan fingerprint density at radius 2 is 1.51 bits per heavy atom. The van der Waals surface area contributed by atoms with Crippen molar-refractivity contribution in [2.75, 3.05) is 44.2 Å². The molecule has 0 heterocycles. The molecule has 1 aromatic carbocycles. The van der Waals surface area contributed by atoms with Crippen LogP contribution in [-0.2, 0) is 24.6 Å². The lowest BCUT2D eigenvalue weighted by atomic mass is 9.62. The van der Waals surface area contributed by atoms with Crippen LogP contribution < -0.4 is 11.5 Å². The number of thioether (sulfide) groups is 1. The average Bonchev–Trinajstić information content (AvgIpc) is 2.80. The number of carbonyl (C=O) groups excluding carboxylic acids is 1. The lowest BCUT2D eigenvalue weighted by Crippen LogP contribution is -2.43. The first-order valence-electron chi connectivity index (χ1n) is 12.4. The van der Waals surface area contributed by atoms with Gasteiger partial charge in [0.15, 0.2) is 11.4 Å². The van der Waals surface area contributed by atoms with E-state index in [0.29, 0.717) is 34.7 Å². The van der Waals surface area contributed by atoms with E-state index in [1.807, 2.05) is 12.1 Å². The van der Waals surface area contributed by atoms with Gasteiger partial charge in [-0.2, -0.15) is 11.8 Å². The normalized spacial score (nSPS) is 14.2. The summed E-state index contributed by atoms with van der Waals surface area (Å²) in [4.78, 5) is 45.7. The number of nitrogens with two attached hydrogens (primary N) is 2. The molecule has 2 rings (SSSR count). The summed E-state index contributed by atoms with van der Waals surface area (Å²) in [6, 6.07) is 5.61. The minimum atomic E-state index is -2.74. The number of rotatable bonds is 17. The van der Waals surface area contributed by atoms with E-state index in [0.717, 1.165) is 56.6 Å². The molecule has 220 valence electrons. The molecule has 0 amide bonds.